The van der Waals surface area contributed by atoms with Crippen LogP contribution in [0.2, 0.25) is 0 Å². The fourth-order valence-electron chi connectivity index (χ4n) is 2.32. The zero-order valence-corrected chi connectivity index (χ0v) is 15.1. The van der Waals surface area contributed by atoms with Crippen molar-refractivity contribution in [3.63, 3.8) is 0 Å². The zero-order valence-electron chi connectivity index (χ0n) is 12.7. The van der Waals surface area contributed by atoms with Gasteiger partial charge in [0.05, 0.1) is 12.8 Å². The quantitative estimate of drug-likeness (QED) is 0.446. The van der Waals surface area contributed by atoms with Crippen molar-refractivity contribution >= 4 is 41.5 Å². The monoisotopic (exact) mass is 418 g/mol. The van der Waals surface area contributed by atoms with Gasteiger partial charge in [0.15, 0.2) is 5.96 Å². The molecular weight excluding hydrogens is 395 g/mol. The first kappa shape index (κ1) is 18.5. The number of hydrogen-bond acceptors (Lipinski definition) is 3. The van der Waals surface area contributed by atoms with E-state index in [1.165, 1.54) is 6.42 Å². The molecule has 0 radical (unpaired) electrons. The number of carbonyl (C=O) groups excluding carboxylic acids is 1. The van der Waals surface area contributed by atoms with Crippen LogP contribution < -0.4 is 15.8 Å². The summed E-state index contributed by atoms with van der Waals surface area (Å²) in [6.45, 7) is 1.73. The van der Waals surface area contributed by atoms with Gasteiger partial charge >= 0.3 is 0 Å². The van der Waals surface area contributed by atoms with Crippen LogP contribution in [0.4, 0.5) is 5.69 Å². The molecule has 3 N–H and O–H groups in total. The number of nitrogens with two attached hydrogens (primary N) is 1. The van der Waals surface area contributed by atoms with Gasteiger partial charge in [-0.2, -0.15) is 0 Å². The number of amides is 1. The Morgan fingerprint density at radius 1 is 1.32 bits per heavy atom. The number of para-hydroxylation sites is 2. The van der Waals surface area contributed by atoms with Gasteiger partial charge < -0.3 is 20.7 Å². The Kier molecular flexibility index (Phi) is 8.00. The van der Waals surface area contributed by atoms with E-state index in [9.17, 15) is 4.79 Å². The van der Waals surface area contributed by atoms with E-state index in [0.717, 1.165) is 31.6 Å². The molecule has 1 saturated heterocycles. The number of nitrogens with zero attached hydrogens (tertiary/aromatic N) is 2. The lowest BCUT2D eigenvalue weighted by Gasteiger charge is -2.26. The van der Waals surface area contributed by atoms with E-state index in [1.54, 1.807) is 7.11 Å². The van der Waals surface area contributed by atoms with Gasteiger partial charge in [-0.25, -0.2) is 4.99 Å². The molecule has 1 heterocycles. The predicted octanol–water partition coefficient (Wildman–Crippen LogP) is 2.05. The van der Waals surface area contributed by atoms with Crippen LogP contribution in [0.5, 0.6) is 5.75 Å². The third-order valence-electron chi connectivity index (χ3n) is 3.46. The maximum Gasteiger partial charge on any atom is 0.244 e. The maximum absolute atomic E-state index is 12.0. The molecular formula is C15H23IN4O2. The lowest BCUT2D eigenvalue weighted by atomic mass is 10.1. The van der Waals surface area contributed by atoms with Crippen LogP contribution in [0, 0.1) is 0 Å². The van der Waals surface area contributed by atoms with Crippen molar-refractivity contribution in [2.75, 3.05) is 32.1 Å². The van der Waals surface area contributed by atoms with E-state index in [1.807, 2.05) is 29.2 Å². The molecule has 0 unspecified atom stereocenters. The molecule has 6 nitrogen and oxygen atoms in total. The highest BCUT2D eigenvalue weighted by Crippen LogP contribution is 2.22. The molecule has 1 aromatic rings. The number of benzene rings is 1. The number of halogens is 1. The SMILES string of the molecule is COc1ccccc1NC(N)=NCC(=O)N1CCCCC1.I. The van der Waals surface area contributed by atoms with Gasteiger partial charge in [0.2, 0.25) is 5.91 Å². The van der Waals surface area contributed by atoms with Crippen LogP contribution in [-0.2, 0) is 4.79 Å². The van der Waals surface area contributed by atoms with E-state index in [-0.39, 0.29) is 42.4 Å². The van der Waals surface area contributed by atoms with Crippen molar-refractivity contribution in [3.05, 3.63) is 24.3 Å². The van der Waals surface area contributed by atoms with Gasteiger partial charge in [0.1, 0.15) is 12.3 Å². The summed E-state index contributed by atoms with van der Waals surface area (Å²) in [6, 6.07) is 7.41. The Hall–Kier alpha value is -1.51. The molecule has 0 saturated carbocycles. The second-order valence-corrected chi connectivity index (χ2v) is 4.97. The van der Waals surface area contributed by atoms with Crippen molar-refractivity contribution in [2.45, 2.75) is 19.3 Å². The van der Waals surface area contributed by atoms with Crippen molar-refractivity contribution in [1.29, 1.82) is 0 Å². The minimum atomic E-state index is 0. The first-order valence-electron chi connectivity index (χ1n) is 7.18. The fraction of sp³-hybridized carbons (Fsp3) is 0.467. The summed E-state index contributed by atoms with van der Waals surface area (Å²) in [7, 11) is 1.59. The maximum atomic E-state index is 12.0. The summed E-state index contributed by atoms with van der Waals surface area (Å²) in [4.78, 5) is 17.9. The number of guanidine groups is 1. The highest BCUT2D eigenvalue weighted by molar-refractivity contribution is 14.0. The molecule has 0 aliphatic carbocycles. The summed E-state index contributed by atoms with van der Waals surface area (Å²) in [5.41, 5.74) is 6.55. The van der Waals surface area contributed by atoms with Gasteiger partial charge in [-0.15, -0.1) is 24.0 Å². The molecule has 0 bridgehead atoms. The van der Waals surface area contributed by atoms with E-state index in [4.69, 9.17) is 10.5 Å². The van der Waals surface area contributed by atoms with E-state index in [0.29, 0.717) is 5.75 Å². The van der Waals surface area contributed by atoms with Crippen LogP contribution in [0.1, 0.15) is 19.3 Å². The number of hydrogen-bond donors (Lipinski definition) is 2. The largest absolute Gasteiger partial charge is 0.495 e. The third kappa shape index (κ3) is 5.36. The molecule has 0 atom stereocenters. The van der Waals surface area contributed by atoms with Crippen molar-refractivity contribution in [3.8, 4) is 5.75 Å². The first-order chi connectivity index (χ1) is 10.2. The minimum Gasteiger partial charge on any atom is -0.495 e. The summed E-state index contributed by atoms with van der Waals surface area (Å²) in [6.07, 6.45) is 3.35. The molecule has 0 spiro atoms. The topological polar surface area (TPSA) is 80.0 Å². The average Bonchev–Trinajstić information content (AvgIpc) is 2.54. The molecule has 1 amide bonds. The number of rotatable bonds is 4. The molecule has 1 aromatic carbocycles. The summed E-state index contributed by atoms with van der Waals surface area (Å²) in [5.74, 6) is 0.919. The standard InChI is InChI=1S/C15H22N4O2.HI/c1-21-13-8-4-3-7-12(13)18-15(16)17-11-14(20)19-9-5-2-6-10-19;/h3-4,7-8H,2,5-6,9-11H2,1H3,(H3,16,17,18);1H. The second kappa shape index (κ2) is 9.50. The number of ether oxygens (including phenoxy) is 1. The van der Waals surface area contributed by atoms with Gasteiger partial charge in [0.25, 0.3) is 0 Å². The van der Waals surface area contributed by atoms with E-state index < -0.39 is 0 Å². The highest BCUT2D eigenvalue weighted by atomic mass is 127. The number of nitrogens with one attached hydrogen (secondary N) is 1. The number of carbonyl (C=O) groups is 1. The number of aliphatic imine (C=N–C) groups is 1. The van der Waals surface area contributed by atoms with Gasteiger partial charge in [-0.1, -0.05) is 12.1 Å². The van der Waals surface area contributed by atoms with Crippen LogP contribution in [-0.4, -0.2) is 43.5 Å². The van der Waals surface area contributed by atoms with Crippen LogP contribution >= 0.6 is 24.0 Å². The fourth-order valence-corrected chi connectivity index (χ4v) is 2.32. The van der Waals surface area contributed by atoms with Crippen molar-refractivity contribution in [2.24, 2.45) is 10.7 Å². The zero-order chi connectivity index (χ0) is 15.1. The normalized spacial score (nSPS) is 15.0. The molecule has 0 aromatic heterocycles. The predicted molar refractivity (Wildman–Crippen MR) is 99.0 cm³/mol. The minimum absolute atomic E-state index is 0. The summed E-state index contributed by atoms with van der Waals surface area (Å²) >= 11 is 0. The summed E-state index contributed by atoms with van der Waals surface area (Å²) < 4.78 is 5.22. The Labute approximate surface area is 148 Å². The molecule has 2 rings (SSSR count). The van der Waals surface area contributed by atoms with Crippen molar-refractivity contribution in [1.82, 2.24) is 4.90 Å². The third-order valence-corrected chi connectivity index (χ3v) is 3.46. The lowest BCUT2D eigenvalue weighted by Crippen LogP contribution is -2.37. The molecule has 22 heavy (non-hydrogen) atoms. The van der Waals surface area contributed by atoms with Crippen LogP contribution in [0.25, 0.3) is 0 Å². The van der Waals surface area contributed by atoms with Crippen LogP contribution in [0.15, 0.2) is 29.3 Å². The first-order valence-corrected chi connectivity index (χ1v) is 7.18. The lowest BCUT2D eigenvalue weighted by molar-refractivity contribution is -0.130. The molecule has 1 aliphatic rings. The van der Waals surface area contributed by atoms with Gasteiger partial charge in [0, 0.05) is 13.1 Å². The van der Waals surface area contributed by atoms with Crippen molar-refractivity contribution < 1.29 is 9.53 Å². The van der Waals surface area contributed by atoms with E-state index >= 15 is 0 Å². The number of anilines is 1. The highest BCUT2D eigenvalue weighted by Gasteiger charge is 2.15. The Bertz CT molecular complexity index is 516. The second-order valence-electron chi connectivity index (χ2n) is 4.97. The van der Waals surface area contributed by atoms with Gasteiger partial charge in [-0.3, -0.25) is 4.79 Å². The Morgan fingerprint density at radius 3 is 2.68 bits per heavy atom. The number of methoxy groups -OCH3 is 1. The number of likely N-dealkylation sites (tertiary alicyclic amines) is 1. The average molecular weight is 418 g/mol. The molecule has 1 aliphatic heterocycles. The smallest absolute Gasteiger partial charge is 0.244 e. The van der Waals surface area contributed by atoms with E-state index in [2.05, 4.69) is 10.3 Å². The Balaban J connectivity index is 0.00000242. The summed E-state index contributed by atoms with van der Waals surface area (Å²) in [5, 5.41) is 2.95. The molecule has 1 fully saturated rings. The molecule has 122 valence electrons. The van der Waals surface area contributed by atoms with Crippen LogP contribution in [0.3, 0.4) is 0 Å². The Morgan fingerprint density at radius 2 is 2.00 bits per heavy atom. The van der Waals surface area contributed by atoms with Gasteiger partial charge in [-0.05, 0) is 31.4 Å². The number of piperidine rings is 1. The molecule has 7 heteroatoms.